The van der Waals surface area contributed by atoms with Gasteiger partial charge in [-0.3, -0.25) is 0 Å². The largest absolute Gasteiger partial charge is 0.316 e. The standard InChI is InChI=1S/C15H20N2O2S2/c1-11-6-14(8-16-3)7-15(12(11)2)21(18,19)17-9-13-4-5-20-10-13/h4-7,10,16-17H,8-9H2,1-3H3. The normalized spacial score (nSPS) is 11.8. The molecule has 6 heteroatoms. The Bertz CT molecular complexity index is 708. The third kappa shape index (κ3) is 3.91. The minimum atomic E-state index is -3.50. The van der Waals surface area contributed by atoms with Gasteiger partial charge >= 0.3 is 0 Å². The Balaban J connectivity index is 2.30. The van der Waals surface area contributed by atoms with Gasteiger partial charge in [-0.2, -0.15) is 11.3 Å². The summed E-state index contributed by atoms with van der Waals surface area (Å²) < 4.78 is 27.7. The molecule has 0 unspecified atom stereocenters. The maximum absolute atomic E-state index is 12.5. The van der Waals surface area contributed by atoms with Crippen molar-refractivity contribution in [1.82, 2.24) is 10.0 Å². The summed E-state index contributed by atoms with van der Waals surface area (Å²) in [4.78, 5) is 0.364. The Labute approximate surface area is 130 Å². The van der Waals surface area contributed by atoms with Crippen LogP contribution < -0.4 is 10.0 Å². The Morgan fingerprint density at radius 2 is 1.90 bits per heavy atom. The van der Waals surface area contributed by atoms with E-state index in [9.17, 15) is 8.42 Å². The molecular weight excluding hydrogens is 304 g/mol. The highest BCUT2D eigenvalue weighted by Gasteiger charge is 2.18. The fourth-order valence-electron chi connectivity index (χ4n) is 2.13. The first-order chi connectivity index (χ1) is 9.94. The zero-order valence-corrected chi connectivity index (χ0v) is 14.1. The lowest BCUT2D eigenvalue weighted by Crippen LogP contribution is -2.24. The summed E-state index contributed by atoms with van der Waals surface area (Å²) in [6.45, 7) is 4.75. The zero-order chi connectivity index (χ0) is 15.5. The maximum atomic E-state index is 12.5. The molecule has 2 aromatic rings. The summed E-state index contributed by atoms with van der Waals surface area (Å²) in [6.07, 6.45) is 0. The van der Waals surface area contributed by atoms with Crippen molar-refractivity contribution in [3.63, 3.8) is 0 Å². The summed E-state index contributed by atoms with van der Waals surface area (Å²) in [5, 5.41) is 6.93. The lowest BCUT2D eigenvalue weighted by molar-refractivity contribution is 0.580. The Hall–Kier alpha value is -1.21. The van der Waals surface area contributed by atoms with Gasteiger partial charge in [-0.1, -0.05) is 6.07 Å². The highest BCUT2D eigenvalue weighted by atomic mass is 32.2. The van der Waals surface area contributed by atoms with Crippen LogP contribution in [0.15, 0.2) is 33.9 Å². The Morgan fingerprint density at radius 1 is 1.14 bits per heavy atom. The van der Waals surface area contributed by atoms with Crippen molar-refractivity contribution in [3.8, 4) is 0 Å². The van der Waals surface area contributed by atoms with Gasteiger partial charge in [0.1, 0.15) is 0 Å². The molecule has 0 amide bonds. The summed E-state index contributed by atoms with van der Waals surface area (Å²) in [6, 6.07) is 5.68. The second kappa shape index (κ2) is 6.70. The van der Waals surface area contributed by atoms with Crippen molar-refractivity contribution < 1.29 is 8.42 Å². The monoisotopic (exact) mass is 324 g/mol. The summed E-state index contributed by atoms with van der Waals surface area (Å²) in [5.41, 5.74) is 3.73. The van der Waals surface area contributed by atoms with Crippen molar-refractivity contribution >= 4 is 21.4 Å². The van der Waals surface area contributed by atoms with Crippen LogP contribution in [0, 0.1) is 13.8 Å². The zero-order valence-electron chi connectivity index (χ0n) is 12.4. The van der Waals surface area contributed by atoms with Crippen LogP contribution in [0.2, 0.25) is 0 Å². The lowest BCUT2D eigenvalue weighted by atomic mass is 10.1. The number of thiophene rings is 1. The fourth-order valence-corrected chi connectivity index (χ4v) is 4.19. The second-order valence-corrected chi connectivity index (χ2v) is 7.54. The van der Waals surface area contributed by atoms with Gasteiger partial charge in [0, 0.05) is 13.1 Å². The van der Waals surface area contributed by atoms with E-state index >= 15 is 0 Å². The minimum absolute atomic E-state index is 0.320. The topological polar surface area (TPSA) is 58.2 Å². The van der Waals surface area contributed by atoms with Crippen molar-refractivity contribution in [1.29, 1.82) is 0 Å². The lowest BCUT2D eigenvalue weighted by Gasteiger charge is -2.13. The molecule has 1 aromatic heterocycles. The van der Waals surface area contributed by atoms with E-state index in [0.717, 1.165) is 22.3 Å². The van der Waals surface area contributed by atoms with Gasteiger partial charge in [0.2, 0.25) is 10.0 Å². The Morgan fingerprint density at radius 3 is 2.52 bits per heavy atom. The van der Waals surface area contributed by atoms with Crippen LogP contribution >= 0.6 is 11.3 Å². The molecule has 0 aliphatic heterocycles. The van der Waals surface area contributed by atoms with Crippen LogP contribution in [-0.2, 0) is 23.1 Å². The average molecular weight is 324 g/mol. The van der Waals surface area contributed by atoms with Crippen molar-refractivity contribution in [2.24, 2.45) is 0 Å². The van der Waals surface area contributed by atoms with E-state index in [-0.39, 0.29) is 0 Å². The third-order valence-electron chi connectivity index (χ3n) is 3.40. The summed E-state index contributed by atoms with van der Waals surface area (Å²) in [5.74, 6) is 0. The van der Waals surface area contributed by atoms with Gasteiger partial charge in [0.05, 0.1) is 4.90 Å². The number of benzene rings is 1. The molecule has 114 valence electrons. The van der Waals surface area contributed by atoms with Crippen LogP contribution in [0.1, 0.15) is 22.3 Å². The molecule has 2 rings (SSSR count). The van der Waals surface area contributed by atoms with E-state index in [2.05, 4.69) is 10.0 Å². The highest BCUT2D eigenvalue weighted by molar-refractivity contribution is 7.89. The molecule has 0 saturated heterocycles. The van der Waals surface area contributed by atoms with Gasteiger partial charge in [-0.05, 0) is 66.0 Å². The van der Waals surface area contributed by atoms with E-state index in [1.54, 1.807) is 17.4 Å². The number of nitrogens with one attached hydrogen (secondary N) is 2. The molecular formula is C15H20N2O2S2. The van der Waals surface area contributed by atoms with E-state index in [0.29, 0.717) is 18.0 Å². The summed E-state index contributed by atoms with van der Waals surface area (Å²) >= 11 is 1.56. The molecule has 1 aromatic carbocycles. The molecule has 0 fully saturated rings. The van der Waals surface area contributed by atoms with Crippen LogP contribution in [0.3, 0.4) is 0 Å². The van der Waals surface area contributed by atoms with Crippen LogP contribution in [-0.4, -0.2) is 15.5 Å². The number of aryl methyl sites for hydroxylation is 1. The summed E-state index contributed by atoms with van der Waals surface area (Å²) in [7, 11) is -1.66. The molecule has 0 aliphatic rings. The first-order valence-electron chi connectivity index (χ1n) is 6.69. The predicted molar refractivity (Wildman–Crippen MR) is 87.0 cm³/mol. The van der Waals surface area contributed by atoms with Gasteiger partial charge < -0.3 is 5.32 Å². The van der Waals surface area contributed by atoms with Gasteiger partial charge in [-0.15, -0.1) is 0 Å². The average Bonchev–Trinajstić information content (AvgIpc) is 2.94. The molecule has 21 heavy (non-hydrogen) atoms. The van der Waals surface area contributed by atoms with E-state index in [1.165, 1.54) is 0 Å². The number of hydrogen-bond acceptors (Lipinski definition) is 4. The fraction of sp³-hybridized carbons (Fsp3) is 0.333. The van der Waals surface area contributed by atoms with Gasteiger partial charge in [-0.25, -0.2) is 13.1 Å². The molecule has 1 heterocycles. The molecule has 4 nitrogen and oxygen atoms in total. The van der Waals surface area contributed by atoms with E-state index < -0.39 is 10.0 Å². The van der Waals surface area contributed by atoms with Gasteiger partial charge in [0.15, 0.2) is 0 Å². The van der Waals surface area contributed by atoms with Gasteiger partial charge in [0.25, 0.3) is 0 Å². The maximum Gasteiger partial charge on any atom is 0.241 e. The van der Waals surface area contributed by atoms with Crippen LogP contribution in [0.25, 0.3) is 0 Å². The molecule has 0 spiro atoms. The highest BCUT2D eigenvalue weighted by Crippen LogP contribution is 2.21. The molecule has 0 aliphatic carbocycles. The Kier molecular flexibility index (Phi) is 5.16. The quantitative estimate of drug-likeness (QED) is 0.858. The molecule has 0 bridgehead atoms. The molecule has 0 radical (unpaired) electrons. The second-order valence-electron chi connectivity index (χ2n) is 5.02. The SMILES string of the molecule is CNCc1cc(C)c(C)c(S(=O)(=O)NCc2ccsc2)c1. The third-order valence-corrected chi connectivity index (χ3v) is 5.66. The molecule has 2 N–H and O–H groups in total. The van der Waals surface area contributed by atoms with Crippen molar-refractivity contribution in [2.75, 3.05) is 7.05 Å². The van der Waals surface area contributed by atoms with Crippen molar-refractivity contribution in [2.45, 2.75) is 31.8 Å². The predicted octanol–water partition coefficient (Wildman–Crippen LogP) is 2.56. The van der Waals surface area contributed by atoms with Crippen molar-refractivity contribution in [3.05, 3.63) is 51.2 Å². The smallest absolute Gasteiger partial charge is 0.241 e. The first-order valence-corrected chi connectivity index (χ1v) is 9.12. The molecule has 0 saturated carbocycles. The van der Waals surface area contributed by atoms with E-state index in [1.807, 2.05) is 43.8 Å². The van der Waals surface area contributed by atoms with Crippen LogP contribution in [0.4, 0.5) is 0 Å². The minimum Gasteiger partial charge on any atom is -0.316 e. The van der Waals surface area contributed by atoms with E-state index in [4.69, 9.17) is 0 Å². The number of sulfonamides is 1. The first kappa shape index (κ1) is 16.2. The molecule has 0 atom stereocenters. The number of rotatable bonds is 6. The number of hydrogen-bond donors (Lipinski definition) is 2. The van der Waals surface area contributed by atoms with Crippen LogP contribution in [0.5, 0.6) is 0 Å².